The summed E-state index contributed by atoms with van der Waals surface area (Å²) in [5.74, 6) is 0. The summed E-state index contributed by atoms with van der Waals surface area (Å²) in [6, 6.07) is 1.90. The molecule has 1 atom stereocenters. The molecule has 1 N–H and O–H groups in total. The van der Waals surface area contributed by atoms with Gasteiger partial charge in [0.1, 0.15) is 0 Å². The van der Waals surface area contributed by atoms with Gasteiger partial charge in [0.25, 0.3) is 0 Å². The molecule has 1 rings (SSSR count). The number of aliphatic hydroxyl groups excluding tert-OH is 1. The highest BCUT2D eigenvalue weighted by Crippen LogP contribution is 2.18. The van der Waals surface area contributed by atoms with E-state index in [9.17, 15) is 5.11 Å². The van der Waals surface area contributed by atoms with Crippen LogP contribution < -0.4 is 0 Å². The van der Waals surface area contributed by atoms with Gasteiger partial charge in [0, 0.05) is 18.0 Å². The number of hydrogen-bond acceptors (Lipinski definition) is 2. The number of allylic oxidation sites excluding steroid dienone is 1. The molecule has 0 aliphatic rings. The molecule has 0 bridgehead atoms. The first-order valence-electron chi connectivity index (χ1n) is 4.35. The second-order valence-corrected chi connectivity index (χ2v) is 3.42. The third-order valence-corrected chi connectivity index (χ3v) is 1.89. The molecule has 70 valence electrons. The second-order valence-electron chi connectivity index (χ2n) is 3.42. The minimum atomic E-state index is -0.529. The molecule has 0 radical (unpaired) electrons. The van der Waals surface area contributed by atoms with Crippen molar-refractivity contribution in [2.75, 3.05) is 0 Å². The Kier molecular flexibility index (Phi) is 3.20. The summed E-state index contributed by atoms with van der Waals surface area (Å²) < 4.78 is 0. The first-order chi connectivity index (χ1) is 6.11. The SMILES string of the molecule is CC(C)=CC(O)c1cnccc1C. The lowest BCUT2D eigenvalue weighted by Crippen LogP contribution is -1.97. The minimum absolute atomic E-state index is 0.529. The van der Waals surface area contributed by atoms with E-state index in [1.165, 1.54) is 0 Å². The fraction of sp³-hybridized carbons (Fsp3) is 0.364. The topological polar surface area (TPSA) is 33.1 Å². The van der Waals surface area contributed by atoms with Gasteiger partial charge >= 0.3 is 0 Å². The maximum absolute atomic E-state index is 9.76. The highest BCUT2D eigenvalue weighted by atomic mass is 16.3. The molecule has 0 amide bonds. The molecule has 0 fully saturated rings. The van der Waals surface area contributed by atoms with Gasteiger partial charge in [-0.15, -0.1) is 0 Å². The Morgan fingerprint density at radius 1 is 1.54 bits per heavy atom. The summed E-state index contributed by atoms with van der Waals surface area (Å²) in [7, 11) is 0. The van der Waals surface area contributed by atoms with Crippen molar-refractivity contribution in [3.05, 3.63) is 41.2 Å². The van der Waals surface area contributed by atoms with Crippen LogP contribution >= 0.6 is 0 Å². The van der Waals surface area contributed by atoms with E-state index < -0.39 is 6.10 Å². The van der Waals surface area contributed by atoms with E-state index in [1.54, 1.807) is 12.4 Å². The predicted molar refractivity (Wildman–Crippen MR) is 53.4 cm³/mol. The predicted octanol–water partition coefficient (Wildman–Crippen LogP) is 2.39. The molecule has 1 aromatic heterocycles. The van der Waals surface area contributed by atoms with Gasteiger partial charge in [0.05, 0.1) is 6.10 Å². The third-order valence-electron chi connectivity index (χ3n) is 1.89. The highest BCUT2D eigenvalue weighted by Gasteiger charge is 2.06. The van der Waals surface area contributed by atoms with Crippen LogP contribution in [-0.4, -0.2) is 10.1 Å². The normalized spacial score (nSPS) is 12.3. The maximum Gasteiger partial charge on any atom is 0.0991 e. The van der Waals surface area contributed by atoms with Crippen molar-refractivity contribution in [3.63, 3.8) is 0 Å². The van der Waals surface area contributed by atoms with Crippen LogP contribution in [0, 0.1) is 6.92 Å². The summed E-state index contributed by atoms with van der Waals surface area (Å²) in [5, 5.41) is 9.76. The molecule has 0 spiro atoms. The first-order valence-corrected chi connectivity index (χ1v) is 4.35. The molecule has 2 heteroatoms. The van der Waals surface area contributed by atoms with Crippen molar-refractivity contribution in [1.82, 2.24) is 4.98 Å². The number of nitrogens with zero attached hydrogens (tertiary/aromatic N) is 1. The van der Waals surface area contributed by atoms with E-state index >= 15 is 0 Å². The Labute approximate surface area is 78.9 Å². The maximum atomic E-state index is 9.76. The van der Waals surface area contributed by atoms with Crippen molar-refractivity contribution < 1.29 is 5.11 Å². The zero-order valence-electron chi connectivity index (χ0n) is 8.28. The van der Waals surface area contributed by atoms with Crippen LogP contribution in [0.15, 0.2) is 30.1 Å². The number of hydrogen-bond donors (Lipinski definition) is 1. The van der Waals surface area contributed by atoms with Crippen LogP contribution in [0.5, 0.6) is 0 Å². The average molecular weight is 177 g/mol. The first kappa shape index (κ1) is 9.93. The molecule has 1 unspecified atom stereocenters. The van der Waals surface area contributed by atoms with Gasteiger partial charge in [-0.25, -0.2) is 0 Å². The summed E-state index contributed by atoms with van der Waals surface area (Å²) in [6.45, 7) is 5.91. The summed E-state index contributed by atoms with van der Waals surface area (Å²) in [4.78, 5) is 3.98. The standard InChI is InChI=1S/C11H15NO/c1-8(2)6-11(13)10-7-12-5-4-9(10)3/h4-7,11,13H,1-3H3. The Morgan fingerprint density at radius 3 is 2.77 bits per heavy atom. The average Bonchev–Trinajstić information content (AvgIpc) is 2.03. The van der Waals surface area contributed by atoms with Gasteiger partial charge in [-0.2, -0.15) is 0 Å². The van der Waals surface area contributed by atoms with Gasteiger partial charge in [-0.1, -0.05) is 11.6 Å². The molecule has 0 aromatic carbocycles. The smallest absolute Gasteiger partial charge is 0.0991 e. The van der Waals surface area contributed by atoms with Gasteiger partial charge in [-0.3, -0.25) is 4.98 Å². The molecule has 0 saturated carbocycles. The van der Waals surface area contributed by atoms with E-state index in [-0.39, 0.29) is 0 Å². The van der Waals surface area contributed by atoms with Gasteiger partial charge in [0.15, 0.2) is 0 Å². The molecular weight excluding hydrogens is 162 g/mol. The van der Waals surface area contributed by atoms with Crippen LogP contribution in [0.1, 0.15) is 31.1 Å². The fourth-order valence-electron chi connectivity index (χ4n) is 1.19. The Morgan fingerprint density at radius 2 is 2.23 bits per heavy atom. The van der Waals surface area contributed by atoms with Crippen molar-refractivity contribution in [3.8, 4) is 0 Å². The lowest BCUT2D eigenvalue weighted by Gasteiger charge is -2.08. The molecule has 1 aromatic rings. The van der Waals surface area contributed by atoms with Crippen LogP contribution in [0.3, 0.4) is 0 Å². The van der Waals surface area contributed by atoms with Crippen molar-refractivity contribution in [1.29, 1.82) is 0 Å². The van der Waals surface area contributed by atoms with E-state index in [1.807, 2.05) is 32.9 Å². The van der Waals surface area contributed by atoms with Gasteiger partial charge in [0.2, 0.25) is 0 Å². The molecular formula is C11H15NO. The quantitative estimate of drug-likeness (QED) is 0.703. The van der Waals surface area contributed by atoms with Crippen LogP contribution in [0.25, 0.3) is 0 Å². The van der Waals surface area contributed by atoms with Gasteiger partial charge < -0.3 is 5.11 Å². The van der Waals surface area contributed by atoms with Gasteiger partial charge in [-0.05, 0) is 32.4 Å². The van der Waals surface area contributed by atoms with Crippen LogP contribution in [0.4, 0.5) is 0 Å². The van der Waals surface area contributed by atoms with Crippen LogP contribution in [-0.2, 0) is 0 Å². The van der Waals surface area contributed by atoms with E-state index in [0.717, 1.165) is 16.7 Å². The number of aryl methyl sites for hydroxylation is 1. The monoisotopic (exact) mass is 177 g/mol. The second kappa shape index (κ2) is 4.19. The molecule has 2 nitrogen and oxygen atoms in total. The van der Waals surface area contributed by atoms with Crippen LogP contribution in [0.2, 0.25) is 0 Å². The van der Waals surface area contributed by atoms with E-state index in [0.29, 0.717) is 0 Å². The molecule has 0 saturated heterocycles. The summed E-state index contributed by atoms with van der Waals surface area (Å²) in [6.07, 6.45) is 4.73. The largest absolute Gasteiger partial charge is 0.384 e. The third kappa shape index (κ3) is 2.67. The zero-order chi connectivity index (χ0) is 9.84. The highest BCUT2D eigenvalue weighted by molar-refractivity contribution is 5.27. The Bertz CT molecular complexity index is 314. The van der Waals surface area contributed by atoms with Crippen molar-refractivity contribution in [2.24, 2.45) is 0 Å². The number of rotatable bonds is 2. The lowest BCUT2D eigenvalue weighted by molar-refractivity contribution is 0.226. The Balaban J connectivity index is 2.95. The summed E-state index contributed by atoms with van der Waals surface area (Å²) >= 11 is 0. The number of pyridine rings is 1. The molecule has 1 heterocycles. The lowest BCUT2D eigenvalue weighted by atomic mass is 10.0. The zero-order valence-corrected chi connectivity index (χ0v) is 8.28. The summed E-state index contributed by atoms with van der Waals surface area (Å²) in [5.41, 5.74) is 3.06. The molecule has 13 heavy (non-hydrogen) atoms. The van der Waals surface area contributed by atoms with E-state index in [2.05, 4.69) is 4.98 Å². The minimum Gasteiger partial charge on any atom is -0.384 e. The fourth-order valence-corrected chi connectivity index (χ4v) is 1.19. The number of aliphatic hydroxyl groups is 1. The number of aromatic nitrogens is 1. The van der Waals surface area contributed by atoms with E-state index in [4.69, 9.17) is 0 Å². The molecule has 0 aliphatic heterocycles. The molecule has 0 aliphatic carbocycles. The van der Waals surface area contributed by atoms with Crippen molar-refractivity contribution >= 4 is 0 Å². The Hall–Kier alpha value is -1.15. The van der Waals surface area contributed by atoms with Crippen molar-refractivity contribution in [2.45, 2.75) is 26.9 Å².